The molecule has 2 aromatic heterocycles. The molecule has 4 rings (SSSR count). The van der Waals surface area contributed by atoms with Gasteiger partial charge in [0.1, 0.15) is 5.82 Å². The number of thioether (sulfide) groups is 1. The molecular weight excluding hydrogens is 386 g/mol. The number of aromatic nitrogens is 4. The quantitative estimate of drug-likeness (QED) is 0.476. The Balaban J connectivity index is 1.46. The molecule has 0 N–H and O–H groups in total. The standard InChI is InChI=1S/C17H21N5OS3/c1-12-9-21(7-8-23-12)11-22-17(24)20(2)15(19-22)10-25-16-18-13-5-3-4-6-14(13)26-16/h3-6,12H,7-11H2,1-2H3. The maximum atomic E-state index is 5.61. The van der Waals surface area contributed by atoms with Crippen LogP contribution in [-0.4, -0.2) is 50.0 Å². The molecule has 6 nitrogen and oxygen atoms in total. The minimum Gasteiger partial charge on any atom is -0.376 e. The van der Waals surface area contributed by atoms with Gasteiger partial charge in [0, 0.05) is 20.1 Å². The van der Waals surface area contributed by atoms with Crippen molar-refractivity contribution >= 4 is 45.5 Å². The lowest BCUT2D eigenvalue weighted by molar-refractivity contribution is -0.0307. The molecule has 138 valence electrons. The average molecular weight is 408 g/mol. The Morgan fingerprint density at radius 1 is 1.38 bits per heavy atom. The Bertz CT molecular complexity index is 930. The molecule has 0 bridgehead atoms. The largest absolute Gasteiger partial charge is 0.376 e. The fraction of sp³-hybridized carbons (Fsp3) is 0.471. The second-order valence-electron chi connectivity index (χ2n) is 6.39. The van der Waals surface area contributed by atoms with Crippen molar-refractivity contribution in [3.8, 4) is 0 Å². The summed E-state index contributed by atoms with van der Waals surface area (Å²) < 4.78 is 12.6. The molecule has 1 aliphatic heterocycles. The van der Waals surface area contributed by atoms with Gasteiger partial charge in [-0.05, 0) is 31.3 Å². The maximum Gasteiger partial charge on any atom is 0.198 e. The Hall–Kier alpha value is -1.26. The van der Waals surface area contributed by atoms with Crippen LogP contribution >= 0.6 is 35.3 Å². The van der Waals surface area contributed by atoms with Crippen molar-refractivity contribution in [3.63, 3.8) is 0 Å². The molecule has 1 aliphatic rings. The smallest absolute Gasteiger partial charge is 0.198 e. The molecule has 1 atom stereocenters. The van der Waals surface area contributed by atoms with Crippen molar-refractivity contribution in [3.05, 3.63) is 34.9 Å². The molecule has 0 radical (unpaired) electrons. The van der Waals surface area contributed by atoms with Crippen LogP contribution in [0.1, 0.15) is 12.7 Å². The number of para-hydroxylation sites is 1. The number of fused-ring (bicyclic) bond motifs is 1. The number of rotatable bonds is 5. The zero-order valence-corrected chi connectivity index (χ0v) is 17.2. The fourth-order valence-corrected chi connectivity index (χ4v) is 5.25. The van der Waals surface area contributed by atoms with Crippen LogP contribution in [0.4, 0.5) is 0 Å². The van der Waals surface area contributed by atoms with Crippen LogP contribution in [0.5, 0.6) is 0 Å². The van der Waals surface area contributed by atoms with E-state index in [1.807, 2.05) is 28.4 Å². The molecule has 9 heteroatoms. The molecule has 3 aromatic rings. The van der Waals surface area contributed by atoms with Crippen molar-refractivity contribution in [2.45, 2.75) is 29.8 Å². The number of thiazole rings is 1. The van der Waals surface area contributed by atoms with Crippen LogP contribution in [0.3, 0.4) is 0 Å². The van der Waals surface area contributed by atoms with Crippen molar-refractivity contribution in [2.75, 3.05) is 19.7 Å². The van der Waals surface area contributed by atoms with Crippen molar-refractivity contribution in [2.24, 2.45) is 7.05 Å². The van der Waals surface area contributed by atoms with E-state index in [1.165, 1.54) is 4.70 Å². The second-order valence-corrected chi connectivity index (χ2v) is 9.01. The fourth-order valence-electron chi connectivity index (χ4n) is 3.00. The predicted molar refractivity (Wildman–Crippen MR) is 108 cm³/mol. The summed E-state index contributed by atoms with van der Waals surface area (Å²) in [5.41, 5.74) is 1.06. The summed E-state index contributed by atoms with van der Waals surface area (Å²) in [5.74, 6) is 1.73. The van der Waals surface area contributed by atoms with E-state index in [0.717, 1.165) is 45.9 Å². The van der Waals surface area contributed by atoms with Crippen LogP contribution < -0.4 is 0 Å². The van der Waals surface area contributed by atoms with Crippen LogP contribution in [-0.2, 0) is 24.2 Å². The molecule has 0 aliphatic carbocycles. The molecule has 0 spiro atoms. The Morgan fingerprint density at radius 2 is 2.23 bits per heavy atom. The van der Waals surface area contributed by atoms with Gasteiger partial charge in [0.15, 0.2) is 9.11 Å². The van der Waals surface area contributed by atoms with E-state index in [2.05, 4.69) is 28.9 Å². The van der Waals surface area contributed by atoms with Gasteiger partial charge in [-0.15, -0.1) is 11.3 Å². The first-order chi connectivity index (χ1) is 12.6. The first kappa shape index (κ1) is 18.1. The van der Waals surface area contributed by atoms with E-state index < -0.39 is 0 Å². The van der Waals surface area contributed by atoms with E-state index in [9.17, 15) is 0 Å². The lowest BCUT2D eigenvalue weighted by Gasteiger charge is -2.30. The SMILES string of the molecule is CC1CN(Cn2nc(CSc3nc4ccccc4s3)n(C)c2=S)CCO1. The predicted octanol–water partition coefficient (Wildman–Crippen LogP) is 3.53. The van der Waals surface area contributed by atoms with E-state index in [-0.39, 0.29) is 6.10 Å². The van der Waals surface area contributed by atoms with Crippen LogP contribution in [0, 0.1) is 4.77 Å². The first-order valence-electron chi connectivity index (χ1n) is 8.55. The first-order valence-corrected chi connectivity index (χ1v) is 10.8. The molecular formula is C17H21N5OS3. The molecule has 0 saturated carbocycles. The third-order valence-electron chi connectivity index (χ3n) is 4.39. The summed E-state index contributed by atoms with van der Waals surface area (Å²) >= 11 is 9.01. The minimum absolute atomic E-state index is 0.260. The molecule has 1 unspecified atom stereocenters. The highest BCUT2D eigenvalue weighted by Gasteiger charge is 2.18. The summed E-state index contributed by atoms with van der Waals surface area (Å²) in [6.07, 6.45) is 0.260. The lowest BCUT2D eigenvalue weighted by atomic mass is 10.3. The van der Waals surface area contributed by atoms with Gasteiger partial charge in [-0.2, -0.15) is 5.10 Å². The maximum absolute atomic E-state index is 5.61. The third kappa shape index (κ3) is 3.86. The summed E-state index contributed by atoms with van der Waals surface area (Å²) in [6.45, 7) is 5.41. The van der Waals surface area contributed by atoms with Crippen molar-refractivity contribution in [1.82, 2.24) is 24.2 Å². The topological polar surface area (TPSA) is 48.1 Å². The van der Waals surface area contributed by atoms with Gasteiger partial charge in [0.2, 0.25) is 0 Å². The molecule has 3 heterocycles. The Morgan fingerprint density at radius 3 is 3.04 bits per heavy atom. The minimum atomic E-state index is 0.260. The summed E-state index contributed by atoms with van der Waals surface area (Å²) in [7, 11) is 1.99. The van der Waals surface area contributed by atoms with Crippen molar-refractivity contribution in [1.29, 1.82) is 0 Å². The monoisotopic (exact) mass is 407 g/mol. The number of morpholine rings is 1. The van der Waals surface area contributed by atoms with Gasteiger partial charge in [0.25, 0.3) is 0 Å². The zero-order chi connectivity index (χ0) is 18.1. The van der Waals surface area contributed by atoms with Gasteiger partial charge >= 0.3 is 0 Å². The van der Waals surface area contributed by atoms with Gasteiger partial charge in [-0.25, -0.2) is 9.67 Å². The second kappa shape index (κ2) is 7.77. The van der Waals surface area contributed by atoms with E-state index >= 15 is 0 Å². The Labute approximate surface area is 165 Å². The van der Waals surface area contributed by atoms with Gasteiger partial charge in [0.05, 0.1) is 35.3 Å². The third-order valence-corrected chi connectivity index (χ3v) is 7.05. The zero-order valence-electron chi connectivity index (χ0n) is 14.8. The number of benzene rings is 1. The van der Waals surface area contributed by atoms with Crippen LogP contribution in [0.15, 0.2) is 28.6 Å². The van der Waals surface area contributed by atoms with E-state index in [4.69, 9.17) is 22.1 Å². The van der Waals surface area contributed by atoms with Gasteiger partial charge in [-0.3, -0.25) is 4.90 Å². The molecule has 1 aromatic carbocycles. The van der Waals surface area contributed by atoms with Crippen LogP contribution in [0.2, 0.25) is 0 Å². The number of hydrogen-bond acceptors (Lipinski definition) is 7. The number of nitrogens with zero attached hydrogens (tertiary/aromatic N) is 5. The van der Waals surface area contributed by atoms with Gasteiger partial charge in [-0.1, -0.05) is 23.9 Å². The molecule has 0 amide bonds. The lowest BCUT2D eigenvalue weighted by Crippen LogP contribution is -2.42. The van der Waals surface area contributed by atoms with Crippen molar-refractivity contribution < 1.29 is 4.74 Å². The summed E-state index contributed by atoms with van der Waals surface area (Å²) in [4.78, 5) is 7.01. The highest BCUT2D eigenvalue weighted by atomic mass is 32.2. The van der Waals surface area contributed by atoms with E-state index in [1.54, 1.807) is 23.1 Å². The highest BCUT2D eigenvalue weighted by molar-refractivity contribution is 8.00. The normalized spacial score (nSPS) is 18.6. The number of hydrogen-bond donors (Lipinski definition) is 0. The number of ether oxygens (including phenoxy) is 1. The van der Waals surface area contributed by atoms with E-state index in [0.29, 0.717) is 6.67 Å². The summed E-state index contributed by atoms with van der Waals surface area (Å²) in [5, 5.41) is 4.75. The highest BCUT2D eigenvalue weighted by Crippen LogP contribution is 2.31. The van der Waals surface area contributed by atoms with Gasteiger partial charge < -0.3 is 9.30 Å². The summed E-state index contributed by atoms with van der Waals surface area (Å²) in [6, 6.07) is 8.23. The molecule has 1 fully saturated rings. The average Bonchev–Trinajstić information content (AvgIpc) is 3.16. The molecule has 26 heavy (non-hydrogen) atoms. The molecule has 1 saturated heterocycles. The van der Waals surface area contributed by atoms with Crippen LogP contribution in [0.25, 0.3) is 10.2 Å². The Kier molecular flexibility index (Phi) is 5.42.